The van der Waals surface area contributed by atoms with Crippen LogP contribution in [0.15, 0.2) is 59.6 Å². The number of aryl methyl sites for hydroxylation is 2. The standard InChI is InChI=1S/C21H16N2O/c1-23-18-8-3-2-6-16(18)20(21(23)24)22-17-12-11-14-10-9-13-5-4-7-15(17)19(13)14/h2-8,11-12H,9-10H2,1H3. The van der Waals surface area contributed by atoms with Crippen LogP contribution in [0.5, 0.6) is 0 Å². The van der Waals surface area contributed by atoms with Gasteiger partial charge in [0, 0.05) is 18.0 Å². The Kier molecular flexibility index (Phi) is 2.69. The van der Waals surface area contributed by atoms with E-state index in [1.807, 2.05) is 30.3 Å². The van der Waals surface area contributed by atoms with Gasteiger partial charge in [0.25, 0.3) is 5.91 Å². The third-order valence-electron chi connectivity index (χ3n) is 5.11. The Hall–Kier alpha value is -2.94. The lowest BCUT2D eigenvalue weighted by Gasteiger charge is -2.08. The summed E-state index contributed by atoms with van der Waals surface area (Å²) in [5.41, 5.74) is 6.03. The van der Waals surface area contributed by atoms with Crippen LogP contribution in [0.1, 0.15) is 16.7 Å². The van der Waals surface area contributed by atoms with Crippen molar-refractivity contribution in [1.29, 1.82) is 0 Å². The Morgan fingerprint density at radius 2 is 1.71 bits per heavy atom. The van der Waals surface area contributed by atoms with E-state index in [9.17, 15) is 4.79 Å². The Bertz CT molecular complexity index is 1040. The SMILES string of the molecule is CN1C(=O)C(=Nc2ccc3c4c(cccc24)CC3)c2ccccc21. The zero-order valence-electron chi connectivity index (χ0n) is 13.4. The molecule has 0 bridgehead atoms. The van der Waals surface area contributed by atoms with Gasteiger partial charge < -0.3 is 4.90 Å². The molecule has 1 heterocycles. The molecule has 0 aromatic heterocycles. The Morgan fingerprint density at radius 1 is 0.917 bits per heavy atom. The smallest absolute Gasteiger partial charge is 0.277 e. The zero-order valence-corrected chi connectivity index (χ0v) is 13.4. The molecule has 0 atom stereocenters. The van der Waals surface area contributed by atoms with E-state index in [-0.39, 0.29) is 5.91 Å². The molecule has 0 radical (unpaired) electrons. The van der Waals surface area contributed by atoms with E-state index in [0.29, 0.717) is 5.71 Å². The highest BCUT2D eigenvalue weighted by molar-refractivity contribution is 6.54. The predicted molar refractivity (Wildman–Crippen MR) is 97.4 cm³/mol. The number of carbonyl (C=O) groups excluding carboxylic acids is 1. The maximum Gasteiger partial charge on any atom is 0.277 e. The molecule has 3 nitrogen and oxygen atoms in total. The van der Waals surface area contributed by atoms with Crippen molar-refractivity contribution in [2.24, 2.45) is 4.99 Å². The van der Waals surface area contributed by atoms with E-state index < -0.39 is 0 Å². The van der Waals surface area contributed by atoms with Gasteiger partial charge in [-0.1, -0.05) is 42.5 Å². The molecule has 116 valence electrons. The fraction of sp³-hybridized carbons (Fsp3) is 0.143. The molecule has 0 fully saturated rings. The maximum absolute atomic E-state index is 12.6. The lowest BCUT2D eigenvalue weighted by atomic mass is 10.0. The summed E-state index contributed by atoms with van der Waals surface area (Å²) in [6.45, 7) is 0. The molecule has 5 rings (SSSR count). The molecule has 3 aromatic carbocycles. The molecule has 0 N–H and O–H groups in total. The van der Waals surface area contributed by atoms with Gasteiger partial charge in [0.05, 0.1) is 11.4 Å². The van der Waals surface area contributed by atoms with Crippen LogP contribution in [-0.4, -0.2) is 18.7 Å². The van der Waals surface area contributed by atoms with Gasteiger partial charge in [-0.3, -0.25) is 4.79 Å². The minimum absolute atomic E-state index is 0.0422. The summed E-state index contributed by atoms with van der Waals surface area (Å²) >= 11 is 0. The lowest BCUT2D eigenvalue weighted by Crippen LogP contribution is -2.25. The van der Waals surface area contributed by atoms with Crippen molar-refractivity contribution in [2.45, 2.75) is 12.8 Å². The van der Waals surface area contributed by atoms with Gasteiger partial charge in [0.1, 0.15) is 5.71 Å². The highest BCUT2D eigenvalue weighted by Gasteiger charge is 2.31. The summed E-state index contributed by atoms with van der Waals surface area (Å²) in [7, 11) is 1.80. The fourth-order valence-corrected chi connectivity index (χ4v) is 3.91. The Morgan fingerprint density at radius 3 is 2.58 bits per heavy atom. The van der Waals surface area contributed by atoms with Gasteiger partial charge in [-0.25, -0.2) is 4.99 Å². The second kappa shape index (κ2) is 4.78. The third kappa shape index (κ3) is 1.72. The van der Waals surface area contributed by atoms with Crippen molar-refractivity contribution < 1.29 is 4.79 Å². The van der Waals surface area contributed by atoms with Crippen LogP contribution in [0.2, 0.25) is 0 Å². The lowest BCUT2D eigenvalue weighted by molar-refractivity contribution is -0.111. The summed E-state index contributed by atoms with van der Waals surface area (Å²) in [5, 5.41) is 2.47. The molecule has 0 saturated heterocycles. The van der Waals surface area contributed by atoms with E-state index in [2.05, 4.69) is 24.3 Å². The van der Waals surface area contributed by atoms with Gasteiger partial charge in [-0.05, 0) is 41.5 Å². The molecule has 1 amide bonds. The average molecular weight is 312 g/mol. The number of nitrogens with zero attached hydrogens (tertiary/aromatic N) is 2. The second-order valence-electron chi connectivity index (χ2n) is 6.43. The summed E-state index contributed by atoms with van der Waals surface area (Å²) < 4.78 is 0. The largest absolute Gasteiger partial charge is 0.309 e. The van der Waals surface area contributed by atoms with E-state index in [1.54, 1.807) is 11.9 Å². The molecule has 3 aromatic rings. The molecule has 1 aliphatic carbocycles. The molecule has 0 saturated carbocycles. The number of para-hydroxylation sites is 1. The number of carbonyl (C=O) groups is 1. The van der Waals surface area contributed by atoms with E-state index >= 15 is 0 Å². The summed E-state index contributed by atoms with van der Waals surface area (Å²) in [6.07, 6.45) is 2.19. The second-order valence-corrected chi connectivity index (χ2v) is 6.43. The summed E-state index contributed by atoms with van der Waals surface area (Å²) in [4.78, 5) is 19.1. The first-order valence-electron chi connectivity index (χ1n) is 8.23. The van der Waals surface area contributed by atoms with Crippen LogP contribution in [0.25, 0.3) is 10.8 Å². The van der Waals surface area contributed by atoms with Crippen LogP contribution < -0.4 is 4.90 Å². The quantitative estimate of drug-likeness (QED) is 0.667. The Labute approximate surface area is 140 Å². The highest BCUT2D eigenvalue weighted by atomic mass is 16.2. The first-order valence-corrected chi connectivity index (χ1v) is 8.23. The first-order chi connectivity index (χ1) is 11.7. The average Bonchev–Trinajstić information content (AvgIpc) is 3.14. The number of aliphatic imine (C=N–C) groups is 1. The van der Waals surface area contributed by atoms with Crippen LogP contribution >= 0.6 is 0 Å². The van der Waals surface area contributed by atoms with Gasteiger partial charge in [0.2, 0.25) is 0 Å². The van der Waals surface area contributed by atoms with Gasteiger partial charge in [0.15, 0.2) is 0 Å². The van der Waals surface area contributed by atoms with Crippen molar-refractivity contribution in [2.75, 3.05) is 11.9 Å². The van der Waals surface area contributed by atoms with Gasteiger partial charge in [-0.2, -0.15) is 0 Å². The molecular formula is C21H16N2O. The molecule has 24 heavy (non-hydrogen) atoms. The van der Waals surface area contributed by atoms with Crippen molar-refractivity contribution in [3.8, 4) is 0 Å². The highest BCUT2D eigenvalue weighted by Crippen LogP contribution is 2.37. The van der Waals surface area contributed by atoms with Crippen LogP contribution in [-0.2, 0) is 17.6 Å². The Balaban J connectivity index is 1.76. The van der Waals surface area contributed by atoms with Crippen molar-refractivity contribution >= 4 is 33.8 Å². The number of rotatable bonds is 1. The third-order valence-corrected chi connectivity index (χ3v) is 5.11. The zero-order chi connectivity index (χ0) is 16.3. The monoisotopic (exact) mass is 312 g/mol. The number of hydrogen-bond donors (Lipinski definition) is 0. The molecule has 1 aliphatic heterocycles. The number of fused-ring (bicyclic) bond motifs is 1. The minimum Gasteiger partial charge on any atom is -0.309 e. The summed E-state index contributed by atoms with van der Waals surface area (Å²) in [5.74, 6) is -0.0422. The normalized spacial score (nSPS) is 17.1. The molecule has 2 aliphatic rings. The number of amides is 1. The minimum atomic E-state index is -0.0422. The van der Waals surface area contributed by atoms with Crippen LogP contribution in [0.3, 0.4) is 0 Å². The molecular weight excluding hydrogens is 296 g/mol. The fourth-order valence-electron chi connectivity index (χ4n) is 3.91. The predicted octanol–water partition coefficient (Wildman–Crippen LogP) is 4.04. The molecule has 3 heteroatoms. The molecule has 0 unspecified atom stereocenters. The molecule has 0 spiro atoms. The van der Waals surface area contributed by atoms with Gasteiger partial charge >= 0.3 is 0 Å². The van der Waals surface area contributed by atoms with Crippen molar-refractivity contribution in [3.63, 3.8) is 0 Å². The van der Waals surface area contributed by atoms with Gasteiger partial charge in [-0.15, -0.1) is 0 Å². The maximum atomic E-state index is 12.6. The van der Waals surface area contributed by atoms with E-state index in [4.69, 9.17) is 4.99 Å². The topological polar surface area (TPSA) is 32.7 Å². The van der Waals surface area contributed by atoms with Crippen LogP contribution in [0.4, 0.5) is 11.4 Å². The number of likely N-dealkylation sites (N-methyl/N-ethyl adjacent to an activating group) is 1. The number of hydrogen-bond acceptors (Lipinski definition) is 2. The van der Waals surface area contributed by atoms with Crippen LogP contribution in [0, 0.1) is 0 Å². The van der Waals surface area contributed by atoms with E-state index in [0.717, 1.165) is 35.2 Å². The van der Waals surface area contributed by atoms with E-state index in [1.165, 1.54) is 16.5 Å². The van der Waals surface area contributed by atoms with Crippen molar-refractivity contribution in [1.82, 2.24) is 0 Å². The number of benzene rings is 3. The summed E-state index contributed by atoms with van der Waals surface area (Å²) in [6, 6.07) is 18.4. The van der Waals surface area contributed by atoms with Crippen molar-refractivity contribution in [3.05, 3.63) is 71.3 Å². The number of anilines is 1. The first kappa shape index (κ1) is 13.5.